The lowest BCUT2D eigenvalue weighted by molar-refractivity contribution is 0.00158. The molecule has 1 aliphatic rings. The third-order valence-corrected chi connectivity index (χ3v) is 1.74. The molecule has 0 bridgehead atoms. The van der Waals surface area contributed by atoms with Crippen molar-refractivity contribution < 1.29 is 22.7 Å². The summed E-state index contributed by atoms with van der Waals surface area (Å²) in [6.45, 7) is 0.206. The van der Waals surface area contributed by atoms with Crippen molar-refractivity contribution in [3.63, 3.8) is 0 Å². The van der Waals surface area contributed by atoms with Crippen molar-refractivity contribution in [1.82, 2.24) is 10.2 Å². The molecule has 0 saturated heterocycles. The lowest BCUT2D eigenvalue weighted by atomic mass is 10.7. The fourth-order valence-electron chi connectivity index (χ4n) is 0.914. The van der Waals surface area contributed by atoms with Crippen LogP contribution in [0.4, 0.5) is 8.78 Å². The van der Waals surface area contributed by atoms with Gasteiger partial charge in [-0.05, 0) is 0 Å². The molecule has 1 heterocycles. The Morgan fingerprint density at radius 2 is 2.36 bits per heavy atom. The van der Waals surface area contributed by atoms with Crippen molar-refractivity contribution in [2.45, 2.75) is 18.4 Å². The third-order valence-electron chi connectivity index (χ3n) is 1.74. The Morgan fingerprint density at radius 3 is 2.93 bits per heavy atom. The molecule has 1 aromatic heterocycles. The first-order chi connectivity index (χ1) is 6.68. The molecule has 14 heavy (non-hydrogen) atoms. The zero-order valence-electron chi connectivity index (χ0n) is 7.15. The Labute approximate surface area is 78.0 Å². The average Bonchev–Trinajstić information content (AvgIpc) is 2.60. The van der Waals surface area contributed by atoms with Gasteiger partial charge in [-0.25, -0.2) is 8.78 Å². The van der Waals surface area contributed by atoms with Crippen molar-refractivity contribution in [2.75, 3.05) is 13.2 Å². The first-order valence-electron chi connectivity index (χ1n) is 4.07. The molecule has 0 aliphatic heterocycles. The molecule has 0 amide bonds. The van der Waals surface area contributed by atoms with Crippen LogP contribution in [0.25, 0.3) is 0 Å². The summed E-state index contributed by atoms with van der Waals surface area (Å²) in [5.74, 6) is -2.65. The number of aromatic nitrogens is 2. The highest BCUT2D eigenvalue weighted by atomic mass is 19.3. The van der Waals surface area contributed by atoms with Crippen LogP contribution in [0.3, 0.4) is 0 Å². The van der Waals surface area contributed by atoms with E-state index in [1.807, 2.05) is 0 Å². The van der Waals surface area contributed by atoms with Crippen LogP contribution in [0.15, 0.2) is 10.8 Å². The summed E-state index contributed by atoms with van der Waals surface area (Å²) < 4.78 is 38.9. The summed E-state index contributed by atoms with van der Waals surface area (Å²) >= 11 is 0. The van der Waals surface area contributed by atoms with Gasteiger partial charge in [0.2, 0.25) is 6.39 Å². The molecule has 78 valence electrons. The Kier molecular flexibility index (Phi) is 2.32. The van der Waals surface area contributed by atoms with Crippen LogP contribution in [0.5, 0.6) is 6.08 Å². The third kappa shape index (κ3) is 2.16. The minimum absolute atomic E-state index is 0.0103. The van der Waals surface area contributed by atoms with Crippen molar-refractivity contribution >= 4 is 0 Å². The highest BCUT2D eigenvalue weighted by Crippen LogP contribution is 2.44. The summed E-state index contributed by atoms with van der Waals surface area (Å²) in [5, 5.41) is 6.80. The van der Waals surface area contributed by atoms with E-state index >= 15 is 0 Å². The Hall–Kier alpha value is -1.24. The van der Waals surface area contributed by atoms with Gasteiger partial charge in [-0.1, -0.05) is 5.10 Å². The van der Waals surface area contributed by atoms with Gasteiger partial charge in [0.1, 0.15) is 12.7 Å². The van der Waals surface area contributed by atoms with E-state index in [1.54, 1.807) is 0 Å². The van der Waals surface area contributed by atoms with Crippen molar-refractivity contribution in [1.29, 1.82) is 0 Å². The SMILES string of the molecule is FC1(F)C[C@H]1OCCOc1nnco1. The molecule has 1 atom stereocenters. The summed E-state index contributed by atoms with van der Waals surface area (Å²) in [6, 6.07) is 0. The summed E-state index contributed by atoms with van der Waals surface area (Å²) in [6.07, 6.45) is -0.0244. The second kappa shape index (κ2) is 3.49. The van der Waals surface area contributed by atoms with Crippen LogP contribution in [-0.4, -0.2) is 35.4 Å². The monoisotopic (exact) mass is 206 g/mol. The van der Waals surface area contributed by atoms with Crippen LogP contribution in [0.1, 0.15) is 6.42 Å². The summed E-state index contributed by atoms with van der Waals surface area (Å²) in [5.41, 5.74) is 0. The van der Waals surface area contributed by atoms with Gasteiger partial charge in [0.15, 0.2) is 0 Å². The Balaban J connectivity index is 1.57. The minimum atomic E-state index is -2.65. The molecule has 1 aliphatic carbocycles. The molecular formula is C7H8F2N2O3. The molecule has 5 nitrogen and oxygen atoms in total. The number of hydrogen-bond donors (Lipinski definition) is 0. The fourth-order valence-corrected chi connectivity index (χ4v) is 0.914. The molecule has 0 radical (unpaired) electrons. The quantitative estimate of drug-likeness (QED) is 0.669. The van der Waals surface area contributed by atoms with Gasteiger partial charge in [0.25, 0.3) is 5.92 Å². The van der Waals surface area contributed by atoms with Gasteiger partial charge < -0.3 is 13.9 Å². The predicted molar refractivity (Wildman–Crippen MR) is 39.1 cm³/mol. The molecular weight excluding hydrogens is 198 g/mol. The second-order valence-electron chi connectivity index (χ2n) is 2.88. The highest BCUT2D eigenvalue weighted by Gasteiger charge is 2.58. The fraction of sp³-hybridized carbons (Fsp3) is 0.714. The van der Waals surface area contributed by atoms with E-state index in [9.17, 15) is 8.78 Å². The van der Waals surface area contributed by atoms with E-state index in [0.717, 1.165) is 6.39 Å². The molecule has 2 rings (SSSR count). The molecule has 7 heteroatoms. The standard InChI is InChI=1S/C7H8F2N2O3/c8-7(9)3-5(7)12-1-2-13-6-11-10-4-14-6/h4-5H,1-3H2/t5-/m1/s1. The lowest BCUT2D eigenvalue weighted by Crippen LogP contribution is -2.11. The minimum Gasteiger partial charge on any atom is -0.447 e. The average molecular weight is 206 g/mol. The lowest BCUT2D eigenvalue weighted by Gasteiger charge is -2.02. The van der Waals surface area contributed by atoms with Gasteiger partial charge in [0, 0.05) is 6.42 Å². The molecule has 1 aromatic rings. The van der Waals surface area contributed by atoms with Gasteiger partial charge in [-0.2, -0.15) is 0 Å². The highest BCUT2D eigenvalue weighted by molar-refractivity contribution is 4.96. The van der Waals surface area contributed by atoms with Crippen LogP contribution >= 0.6 is 0 Å². The second-order valence-corrected chi connectivity index (χ2v) is 2.88. The summed E-state index contributed by atoms with van der Waals surface area (Å²) in [7, 11) is 0. The maximum absolute atomic E-state index is 12.3. The van der Waals surface area contributed by atoms with Gasteiger partial charge in [0.05, 0.1) is 6.61 Å². The zero-order chi connectivity index (χ0) is 10.0. The number of alkyl halides is 2. The van der Waals surface area contributed by atoms with Crippen LogP contribution in [-0.2, 0) is 4.74 Å². The van der Waals surface area contributed by atoms with E-state index in [2.05, 4.69) is 14.6 Å². The Morgan fingerprint density at radius 1 is 1.57 bits per heavy atom. The predicted octanol–water partition coefficient (Wildman–Crippen LogP) is 0.873. The van der Waals surface area contributed by atoms with Crippen molar-refractivity contribution in [3.8, 4) is 6.08 Å². The molecule has 1 fully saturated rings. The smallest absolute Gasteiger partial charge is 0.414 e. The van der Waals surface area contributed by atoms with Gasteiger partial charge >= 0.3 is 6.08 Å². The van der Waals surface area contributed by atoms with Gasteiger partial charge in [-0.3, -0.25) is 0 Å². The zero-order valence-corrected chi connectivity index (χ0v) is 7.15. The molecule has 0 aromatic carbocycles. The van der Waals surface area contributed by atoms with E-state index < -0.39 is 12.0 Å². The topological polar surface area (TPSA) is 57.4 Å². The maximum atomic E-state index is 12.3. The largest absolute Gasteiger partial charge is 0.447 e. The molecule has 0 unspecified atom stereocenters. The van der Waals surface area contributed by atoms with Crippen LogP contribution < -0.4 is 4.74 Å². The number of rotatable bonds is 5. The number of ether oxygens (including phenoxy) is 2. The van der Waals surface area contributed by atoms with Crippen molar-refractivity contribution in [2.24, 2.45) is 0 Å². The Bertz CT molecular complexity index is 291. The maximum Gasteiger partial charge on any atom is 0.414 e. The van der Waals surface area contributed by atoms with Gasteiger partial charge in [-0.15, -0.1) is 5.10 Å². The number of halogens is 2. The molecule has 0 spiro atoms. The molecule has 1 saturated carbocycles. The van der Waals surface area contributed by atoms with Crippen LogP contribution in [0, 0.1) is 0 Å². The van der Waals surface area contributed by atoms with E-state index in [-0.39, 0.29) is 25.7 Å². The van der Waals surface area contributed by atoms with Crippen LogP contribution in [0.2, 0.25) is 0 Å². The van der Waals surface area contributed by atoms with E-state index in [1.165, 1.54) is 0 Å². The van der Waals surface area contributed by atoms with E-state index in [0.29, 0.717) is 0 Å². The normalized spacial score (nSPS) is 23.4. The first kappa shape index (κ1) is 9.32. The van der Waals surface area contributed by atoms with E-state index in [4.69, 9.17) is 9.47 Å². The number of nitrogens with zero attached hydrogens (tertiary/aromatic N) is 2. The number of hydrogen-bond acceptors (Lipinski definition) is 5. The van der Waals surface area contributed by atoms with Crippen molar-refractivity contribution in [3.05, 3.63) is 6.39 Å². The molecule has 0 N–H and O–H groups in total. The first-order valence-corrected chi connectivity index (χ1v) is 4.07. The summed E-state index contributed by atoms with van der Waals surface area (Å²) in [4.78, 5) is 0.